The van der Waals surface area contributed by atoms with Crippen LogP contribution >= 0.6 is 0 Å². The van der Waals surface area contributed by atoms with Crippen molar-refractivity contribution in [2.24, 2.45) is 5.92 Å². The van der Waals surface area contributed by atoms with E-state index >= 15 is 0 Å². The van der Waals surface area contributed by atoms with E-state index in [-0.39, 0.29) is 18.9 Å². The first kappa shape index (κ1) is 20.4. The van der Waals surface area contributed by atoms with Gasteiger partial charge in [0.25, 0.3) is 0 Å². The Bertz CT molecular complexity index is 786. The van der Waals surface area contributed by atoms with Crippen LogP contribution in [0.15, 0.2) is 34.9 Å². The Morgan fingerprint density at radius 1 is 1.10 bits per heavy atom. The Labute approximate surface area is 173 Å². The van der Waals surface area contributed by atoms with E-state index in [1.54, 1.807) is 0 Å². The van der Waals surface area contributed by atoms with Gasteiger partial charge in [-0.3, -0.25) is 4.79 Å². The average Bonchev–Trinajstić information content (AvgIpc) is 3.18. The summed E-state index contributed by atoms with van der Waals surface area (Å²) in [5.74, 6) is 1.40. The quantitative estimate of drug-likeness (QED) is 0.738. The number of nitrogens with zero attached hydrogens (tertiary/aromatic N) is 1. The number of aliphatic hydroxyl groups excluding tert-OH is 1. The van der Waals surface area contributed by atoms with E-state index in [1.165, 1.54) is 62.7 Å². The van der Waals surface area contributed by atoms with Crippen molar-refractivity contribution >= 4 is 16.9 Å². The monoisotopic (exact) mass is 398 g/mol. The molecular formula is C24H34N2O3. The molecule has 1 saturated carbocycles. The van der Waals surface area contributed by atoms with E-state index < -0.39 is 0 Å². The van der Waals surface area contributed by atoms with Gasteiger partial charge in [-0.2, -0.15) is 0 Å². The number of carbonyl (C=O) groups is 1. The fourth-order valence-electron chi connectivity index (χ4n) is 5.14. The number of rotatable bonds is 7. The number of aliphatic hydroxyl groups is 1. The van der Waals surface area contributed by atoms with Crippen LogP contribution in [-0.2, 0) is 4.79 Å². The lowest BCUT2D eigenvalue weighted by Crippen LogP contribution is -2.39. The number of piperidine rings is 1. The summed E-state index contributed by atoms with van der Waals surface area (Å²) >= 11 is 0. The highest BCUT2D eigenvalue weighted by Crippen LogP contribution is 2.35. The van der Waals surface area contributed by atoms with E-state index in [1.807, 2.05) is 12.3 Å². The highest BCUT2D eigenvalue weighted by Gasteiger charge is 2.26. The number of benzene rings is 1. The van der Waals surface area contributed by atoms with Gasteiger partial charge < -0.3 is 19.7 Å². The van der Waals surface area contributed by atoms with Crippen molar-refractivity contribution in [3.05, 3.63) is 36.1 Å². The van der Waals surface area contributed by atoms with Crippen LogP contribution in [0, 0.1) is 5.92 Å². The summed E-state index contributed by atoms with van der Waals surface area (Å²) in [5.41, 5.74) is 2.40. The third-order valence-electron chi connectivity index (χ3n) is 6.94. The van der Waals surface area contributed by atoms with Crippen LogP contribution in [0.3, 0.4) is 0 Å². The van der Waals surface area contributed by atoms with E-state index in [0.29, 0.717) is 12.0 Å². The van der Waals surface area contributed by atoms with E-state index in [0.717, 1.165) is 24.3 Å². The van der Waals surface area contributed by atoms with E-state index in [4.69, 9.17) is 9.52 Å². The predicted octanol–water partition coefficient (Wildman–Crippen LogP) is 4.06. The number of amides is 1. The maximum atomic E-state index is 11.6. The molecule has 158 valence electrons. The molecule has 1 saturated heterocycles. The van der Waals surface area contributed by atoms with Crippen molar-refractivity contribution in [3.63, 3.8) is 0 Å². The standard InChI is InChI=1S/C24H34N2O3/c27-16-12-24(28)25-20-7-5-18(6-8-20)9-13-26-14-10-19(11-15-26)22-17-29-23-4-2-1-3-21(22)23/h1-4,17-20,27H,5-16H2,(H,25,28). The number of nitrogens with one attached hydrogen (secondary N) is 1. The molecule has 2 aliphatic rings. The normalized spacial score (nSPS) is 24.0. The molecule has 2 heterocycles. The Morgan fingerprint density at radius 3 is 2.62 bits per heavy atom. The van der Waals surface area contributed by atoms with Gasteiger partial charge in [-0.1, -0.05) is 18.2 Å². The Hall–Kier alpha value is -1.85. The van der Waals surface area contributed by atoms with Crippen molar-refractivity contribution in [2.75, 3.05) is 26.2 Å². The zero-order valence-electron chi connectivity index (χ0n) is 17.3. The van der Waals surface area contributed by atoms with Gasteiger partial charge >= 0.3 is 0 Å². The number of carbonyl (C=O) groups excluding carboxylic acids is 1. The van der Waals surface area contributed by atoms with E-state index in [2.05, 4.69) is 28.4 Å². The molecule has 29 heavy (non-hydrogen) atoms. The third kappa shape index (κ3) is 5.20. The zero-order valence-corrected chi connectivity index (χ0v) is 17.3. The molecule has 1 aromatic carbocycles. The second-order valence-electron chi connectivity index (χ2n) is 8.85. The van der Waals surface area contributed by atoms with Gasteiger partial charge in [-0.25, -0.2) is 0 Å². The molecule has 5 heteroatoms. The first-order chi connectivity index (χ1) is 14.2. The van der Waals surface area contributed by atoms with Gasteiger partial charge in [0.15, 0.2) is 0 Å². The molecule has 0 unspecified atom stereocenters. The van der Waals surface area contributed by atoms with Gasteiger partial charge in [0.05, 0.1) is 12.9 Å². The van der Waals surface area contributed by atoms with Crippen LogP contribution in [0.1, 0.15) is 62.8 Å². The Balaban J connectivity index is 1.17. The number of hydrogen-bond acceptors (Lipinski definition) is 4. The molecule has 1 aromatic heterocycles. The maximum absolute atomic E-state index is 11.6. The van der Waals surface area contributed by atoms with Crippen molar-refractivity contribution in [1.29, 1.82) is 0 Å². The number of para-hydroxylation sites is 1. The minimum absolute atomic E-state index is 0.00998. The first-order valence-corrected chi connectivity index (χ1v) is 11.3. The topological polar surface area (TPSA) is 65.7 Å². The average molecular weight is 399 g/mol. The van der Waals surface area contributed by atoms with E-state index in [9.17, 15) is 4.79 Å². The molecule has 0 atom stereocenters. The number of hydrogen-bond donors (Lipinski definition) is 2. The highest BCUT2D eigenvalue weighted by molar-refractivity contribution is 5.81. The third-order valence-corrected chi connectivity index (χ3v) is 6.94. The van der Waals surface area contributed by atoms with Crippen LogP contribution in [-0.4, -0.2) is 48.2 Å². The van der Waals surface area contributed by atoms with Crippen molar-refractivity contribution in [3.8, 4) is 0 Å². The second kappa shape index (κ2) is 9.77. The summed E-state index contributed by atoms with van der Waals surface area (Å²) in [5, 5.41) is 13.2. The summed E-state index contributed by atoms with van der Waals surface area (Å²) in [4.78, 5) is 14.3. The first-order valence-electron chi connectivity index (χ1n) is 11.3. The lowest BCUT2D eigenvalue weighted by molar-refractivity contribution is -0.122. The Morgan fingerprint density at radius 2 is 1.86 bits per heavy atom. The predicted molar refractivity (Wildman–Crippen MR) is 115 cm³/mol. The zero-order chi connectivity index (χ0) is 20.1. The molecule has 0 bridgehead atoms. The minimum atomic E-state index is -0.0608. The second-order valence-corrected chi connectivity index (χ2v) is 8.85. The van der Waals surface area contributed by atoms with Crippen LogP contribution in [0.2, 0.25) is 0 Å². The summed E-state index contributed by atoms with van der Waals surface area (Å²) in [7, 11) is 0. The minimum Gasteiger partial charge on any atom is -0.464 e. The SMILES string of the molecule is O=C(CCO)NC1CCC(CCN2CCC(c3coc4ccccc34)CC2)CC1. The van der Waals surface area contributed by atoms with Gasteiger partial charge in [0, 0.05) is 23.4 Å². The number of furan rings is 1. The maximum Gasteiger partial charge on any atom is 0.222 e. The molecule has 0 radical (unpaired) electrons. The van der Waals surface area contributed by atoms with Crippen molar-refractivity contribution in [1.82, 2.24) is 10.2 Å². The number of likely N-dealkylation sites (tertiary alicyclic amines) is 1. The summed E-state index contributed by atoms with van der Waals surface area (Å²) in [6, 6.07) is 8.69. The van der Waals surface area contributed by atoms with Crippen LogP contribution < -0.4 is 5.32 Å². The smallest absolute Gasteiger partial charge is 0.222 e. The van der Waals surface area contributed by atoms with Gasteiger partial charge in [-0.05, 0) is 82.5 Å². The molecule has 1 amide bonds. The molecule has 4 rings (SSSR count). The molecular weight excluding hydrogens is 364 g/mol. The lowest BCUT2D eigenvalue weighted by Gasteiger charge is -2.34. The molecule has 5 nitrogen and oxygen atoms in total. The Kier molecular flexibility index (Phi) is 6.88. The van der Waals surface area contributed by atoms with Gasteiger partial charge in [0.1, 0.15) is 5.58 Å². The molecule has 2 aromatic rings. The summed E-state index contributed by atoms with van der Waals surface area (Å²) in [6.07, 6.45) is 10.5. The fourth-order valence-corrected chi connectivity index (χ4v) is 5.14. The fraction of sp³-hybridized carbons (Fsp3) is 0.625. The van der Waals surface area contributed by atoms with Crippen LogP contribution in [0.5, 0.6) is 0 Å². The highest BCUT2D eigenvalue weighted by atomic mass is 16.3. The molecule has 1 aliphatic carbocycles. The molecule has 2 fully saturated rings. The lowest BCUT2D eigenvalue weighted by atomic mass is 9.83. The largest absolute Gasteiger partial charge is 0.464 e. The van der Waals surface area contributed by atoms with Gasteiger partial charge in [0.2, 0.25) is 5.91 Å². The van der Waals surface area contributed by atoms with Crippen LogP contribution in [0.4, 0.5) is 0 Å². The molecule has 0 spiro atoms. The summed E-state index contributed by atoms with van der Waals surface area (Å²) in [6.45, 7) is 3.49. The van der Waals surface area contributed by atoms with Crippen LogP contribution in [0.25, 0.3) is 11.0 Å². The summed E-state index contributed by atoms with van der Waals surface area (Å²) < 4.78 is 5.75. The van der Waals surface area contributed by atoms with Crippen molar-refractivity contribution < 1.29 is 14.3 Å². The van der Waals surface area contributed by atoms with Gasteiger partial charge in [-0.15, -0.1) is 0 Å². The molecule has 1 aliphatic heterocycles. The number of fused-ring (bicyclic) bond motifs is 1. The van der Waals surface area contributed by atoms with Crippen molar-refractivity contribution in [2.45, 2.75) is 63.3 Å². The molecule has 2 N–H and O–H groups in total.